The van der Waals surface area contributed by atoms with Crippen LogP contribution in [-0.2, 0) is 5.41 Å². The maximum Gasteiger partial charge on any atom is 0.119 e. The molecule has 114 valence electrons. The molecule has 0 aliphatic rings. The molecule has 0 fully saturated rings. The molecule has 1 N–H and O–H groups in total. The van der Waals surface area contributed by atoms with Crippen LogP contribution in [-0.4, -0.2) is 18.7 Å². The molecule has 1 aromatic carbocycles. The van der Waals surface area contributed by atoms with Crippen molar-refractivity contribution in [1.82, 2.24) is 5.32 Å². The average Bonchev–Trinajstić information content (AvgIpc) is 2.34. The Labute approximate surface area is 124 Å². The van der Waals surface area contributed by atoms with Crippen LogP contribution in [0.3, 0.4) is 0 Å². The van der Waals surface area contributed by atoms with Gasteiger partial charge in [-0.15, -0.1) is 0 Å². The number of ether oxygens (including phenoxy) is 1. The van der Waals surface area contributed by atoms with E-state index >= 15 is 0 Å². The van der Waals surface area contributed by atoms with Crippen molar-refractivity contribution in [2.24, 2.45) is 5.92 Å². The van der Waals surface area contributed by atoms with Gasteiger partial charge in [-0.05, 0) is 44.4 Å². The zero-order valence-electron chi connectivity index (χ0n) is 14.2. The summed E-state index contributed by atoms with van der Waals surface area (Å²) in [5.41, 5.74) is 1.60. The van der Waals surface area contributed by atoms with Crippen molar-refractivity contribution in [3.05, 3.63) is 29.8 Å². The van der Waals surface area contributed by atoms with Gasteiger partial charge in [0.05, 0.1) is 6.61 Å². The topological polar surface area (TPSA) is 21.3 Å². The lowest BCUT2D eigenvalue weighted by Crippen LogP contribution is -2.43. The molecule has 0 aliphatic carbocycles. The highest BCUT2D eigenvalue weighted by molar-refractivity contribution is 5.32. The summed E-state index contributed by atoms with van der Waals surface area (Å²) in [5.74, 6) is 1.52. The van der Waals surface area contributed by atoms with Crippen molar-refractivity contribution in [2.75, 3.05) is 13.2 Å². The van der Waals surface area contributed by atoms with Crippen LogP contribution in [0.25, 0.3) is 0 Å². The standard InChI is InChI=1S/C18H31NO/c1-14(2)12-20-16-10-8-15(9-11-16)18(6,7)13-19-17(3,4)5/h8-11,14,19H,12-13H2,1-7H3. The van der Waals surface area contributed by atoms with Gasteiger partial charge < -0.3 is 10.1 Å². The Balaban J connectivity index is 2.66. The summed E-state index contributed by atoms with van der Waals surface area (Å²) in [4.78, 5) is 0. The van der Waals surface area contributed by atoms with Crippen LogP contribution in [0, 0.1) is 5.92 Å². The van der Waals surface area contributed by atoms with Crippen molar-refractivity contribution in [3.63, 3.8) is 0 Å². The molecule has 0 heterocycles. The lowest BCUT2D eigenvalue weighted by atomic mass is 9.84. The van der Waals surface area contributed by atoms with E-state index in [9.17, 15) is 0 Å². The molecule has 0 spiro atoms. The summed E-state index contributed by atoms with van der Waals surface area (Å²) in [7, 11) is 0. The fourth-order valence-corrected chi connectivity index (χ4v) is 1.85. The van der Waals surface area contributed by atoms with Gasteiger partial charge in [-0.2, -0.15) is 0 Å². The quantitative estimate of drug-likeness (QED) is 0.833. The Morgan fingerprint density at radius 2 is 1.55 bits per heavy atom. The largest absolute Gasteiger partial charge is 0.493 e. The smallest absolute Gasteiger partial charge is 0.119 e. The van der Waals surface area contributed by atoms with Gasteiger partial charge in [0, 0.05) is 17.5 Å². The Bertz CT molecular complexity index is 398. The van der Waals surface area contributed by atoms with Crippen molar-refractivity contribution in [2.45, 2.75) is 59.4 Å². The second-order valence-electron chi connectivity index (χ2n) is 7.72. The maximum absolute atomic E-state index is 5.73. The van der Waals surface area contributed by atoms with Crippen LogP contribution >= 0.6 is 0 Å². The molecular formula is C18H31NO. The fourth-order valence-electron chi connectivity index (χ4n) is 1.85. The Morgan fingerprint density at radius 1 is 1.00 bits per heavy atom. The third-order valence-electron chi connectivity index (χ3n) is 3.28. The fraction of sp³-hybridized carbons (Fsp3) is 0.667. The Hall–Kier alpha value is -1.02. The maximum atomic E-state index is 5.73. The van der Waals surface area contributed by atoms with Crippen LogP contribution in [0.5, 0.6) is 5.75 Å². The molecule has 2 heteroatoms. The number of hydrogen-bond acceptors (Lipinski definition) is 2. The first-order valence-electron chi connectivity index (χ1n) is 7.58. The van der Waals surface area contributed by atoms with E-state index in [1.54, 1.807) is 0 Å². The molecule has 0 bridgehead atoms. The van der Waals surface area contributed by atoms with E-state index in [0.29, 0.717) is 5.92 Å². The average molecular weight is 277 g/mol. The molecule has 1 aromatic rings. The molecule has 0 unspecified atom stereocenters. The van der Waals surface area contributed by atoms with Gasteiger partial charge in [-0.1, -0.05) is 39.8 Å². The summed E-state index contributed by atoms with van der Waals surface area (Å²) < 4.78 is 5.73. The molecule has 20 heavy (non-hydrogen) atoms. The lowest BCUT2D eigenvalue weighted by molar-refractivity contribution is 0.271. The molecular weight excluding hydrogens is 246 g/mol. The van der Waals surface area contributed by atoms with Crippen LogP contribution in [0.15, 0.2) is 24.3 Å². The van der Waals surface area contributed by atoms with E-state index in [0.717, 1.165) is 18.9 Å². The number of nitrogens with one attached hydrogen (secondary N) is 1. The Kier molecular flexibility index (Phi) is 5.64. The second kappa shape index (κ2) is 6.62. The second-order valence-corrected chi connectivity index (χ2v) is 7.72. The predicted octanol–water partition coefficient (Wildman–Crippen LogP) is 4.39. The van der Waals surface area contributed by atoms with E-state index in [1.807, 2.05) is 0 Å². The van der Waals surface area contributed by atoms with E-state index in [1.165, 1.54) is 5.56 Å². The molecule has 0 aromatic heterocycles. The monoisotopic (exact) mass is 277 g/mol. The third kappa shape index (κ3) is 5.96. The summed E-state index contributed by atoms with van der Waals surface area (Å²) in [6.45, 7) is 17.2. The van der Waals surface area contributed by atoms with Gasteiger partial charge in [-0.3, -0.25) is 0 Å². The van der Waals surface area contributed by atoms with Crippen LogP contribution < -0.4 is 10.1 Å². The van der Waals surface area contributed by atoms with Crippen molar-refractivity contribution < 1.29 is 4.74 Å². The van der Waals surface area contributed by atoms with E-state index < -0.39 is 0 Å². The molecule has 2 nitrogen and oxygen atoms in total. The molecule has 1 rings (SSSR count). The van der Waals surface area contributed by atoms with Gasteiger partial charge in [0.25, 0.3) is 0 Å². The van der Waals surface area contributed by atoms with Gasteiger partial charge in [0.2, 0.25) is 0 Å². The highest BCUT2D eigenvalue weighted by atomic mass is 16.5. The van der Waals surface area contributed by atoms with Gasteiger partial charge in [0.15, 0.2) is 0 Å². The zero-order chi connectivity index (χ0) is 15.4. The van der Waals surface area contributed by atoms with Crippen LogP contribution in [0.2, 0.25) is 0 Å². The number of rotatable bonds is 6. The molecule has 0 saturated heterocycles. The summed E-state index contributed by atoms with van der Waals surface area (Å²) in [6.07, 6.45) is 0. The SMILES string of the molecule is CC(C)COc1ccc(C(C)(C)CNC(C)(C)C)cc1. The minimum atomic E-state index is 0.115. The zero-order valence-corrected chi connectivity index (χ0v) is 14.2. The van der Waals surface area contributed by atoms with Crippen LogP contribution in [0.4, 0.5) is 0 Å². The van der Waals surface area contributed by atoms with Crippen molar-refractivity contribution in [1.29, 1.82) is 0 Å². The molecule has 0 atom stereocenters. The third-order valence-corrected chi connectivity index (χ3v) is 3.28. The summed E-state index contributed by atoms with van der Waals surface area (Å²) >= 11 is 0. The van der Waals surface area contributed by atoms with Crippen molar-refractivity contribution in [3.8, 4) is 5.75 Å². The van der Waals surface area contributed by atoms with E-state index in [-0.39, 0.29) is 11.0 Å². The van der Waals surface area contributed by atoms with Gasteiger partial charge in [-0.25, -0.2) is 0 Å². The summed E-state index contributed by atoms with van der Waals surface area (Å²) in [6, 6.07) is 8.52. The van der Waals surface area contributed by atoms with E-state index in [2.05, 4.69) is 78.0 Å². The molecule has 0 radical (unpaired) electrons. The van der Waals surface area contributed by atoms with Gasteiger partial charge in [0.1, 0.15) is 5.75 Å². The normalized spacial score (nSPS) is 12.8. The minimum absolute atomic E-state index is 0.115. The first-order chi connectivity index (χ1) is 9.10. The number of hydrogen-bond donors (Lipinski definition) is 1. The Morgan fingerprint density at radius 3 is 2.00 bits per heavy atom. The molecule has 0 aliphatic heterocycles. The molecule has 0 saturated carbocycles. The van der Waals surface area contributed by atoms with Crippen LogP contribution in [0.1, 0.15) is 54.0 Å². The van der Waals surface area contributed by atoms with E-state index in [4.69, 9.17) is 4.74 Å². The highest BCUT2D eigenvalue weighted by Crippen LogP contribution is 2.25. The summed E-state index contributed by atoms with van der Waals surface area (Å²) in [5, 5.41) is 3.58. The lowest BCUT2D eigenvalue weighted by Gasteiger charge is -2.31. The first kappa shape index (κ1) is 17.0. The predicted molar refractivity (Wildman–Crippen MR) is 87.6 cm³/mol. The first-order valence-corrected chi connectivity index (χ1v) is 7.58. The highest BCUT2D eigenvalue weighted by Gasteiger charge is 2.22. The van der Waals surface area contributed by atoms with Crippen molar-refractivity contribution >= 4 is 0 Å². The molecule has 0 amide bonds. The number of benzene rings is 1. The van der Waals surface area contributed by atoms with Gasteiger partial charge >= 0.3 is 0 Å². The minimum Gasteiger partial charge on any atom is -0.493 e.